The molecule has 0 amide bonds. The summed E-state index contributed by atoms with van der Waals surface area (Å²) in [7, 11) is 1.47. The number of halogens is 1. The summed E-state index contributed by atoms with van der Waals surface area (Å²) in [4.78, 5) is 36.1. The lowest BCUT2D eigenvalue weighted by molar-refractivity contribution is 0.122. The van der Waals surface area contributed by atoms with Gasteiger partial charge in [0.05, 0.1) is 54.7 Å². The van der Waals surface area contributed by atoms with E-state index < -0.39 is 17.1 Å². The summed E-state index contributed by atoms with van der Waals surface area (Å²) in [5, 5.41) is 10.9. The molecule has 9 nitrogen and oxygen atoms in total. The number of methoxy groups -OCH3 is 1. The summed E-state index contributed by atoms with van der Waals surface area (Å²) in [5.41, 5.74) is 0.571. The number of nitriles is 1. The van der Waals surface area contributed by atoms with Gasteiger partial charge in [0.25, 0.3) is 5.56 Å². The Hall–Kier alpha value is -5.01. The second-order valence-electron chi connectivity index (χ2n) is 9.14. The van der Waals surface area contributed by atoms with Crippen LogP contribution in [0.25, 0.3) is 38.5 Å². The molecule has 3 aromatic carbocycles. The van der Waals surface area contributed by atoms with Crippen LogP contribution in [0.4, 0.5) is 10.1 Å². The van der Waals surface area contributed by atoms with E-state index in [1.807, 2.05) is 24.3 Å². The highest BCUT2D eigenvalue weighted by molar-refractivity contribution is 5.92. The van der Waals surface area contributed by atoms with Crippen molar-refractivity contribution in [2.24, 2.45) is 0 Å². The second kappa shape index (κ2) is 9.70. The Morgan fingerprint density at radius 2 is 1.85 bits per heavy atom. The molecule has 1 aliphatic rings. The summed E-state index contributed by atoms with van der Waals surface area (Å²) >= 11 is 0. The fourth-order valence-electron chi connectivity index (χ4n) is 4.97. The molecule has 0 atom stereocenters. The minimum absolute atomic E-state index is 0.0152. The molecule has 10 heteroatoms. The van der Waals surface area contributed by atoms with E-state index in [0.717, 1.165) is 34.8 Å². The molecule has 194 valence electrons. The fourth-order valence-corrected chi connectivity index (χ4v) is 4.97. The first-order chi connectivity index (χ1) is 19.0. The molecule has 1 fully saturated rings. The maximum atomic E-state index is 15.5. The Balaban J connectivity index is 1.54. The number of ether oxygens (including phenoxy) is 2. The van der Waals surface area contributed by atoms with Gasteiger partial charge < -0.3 is 19.4 Å². The van der Waals surface area contributed by atoms with Crippen molar-refractivity contribution < 1.29 is 13.9 Å². The molecule has 0 aliphatic carbocycles. The van der Waals surface area contributed by atoms with Gasteiger partial charge in [0.15, 0.2) is 0 Å². The number of benzene rings is 3. The Morgan fingerprint density at radius 3 is 2.62 bits per heavy atom. The van der Waals surface area contributed by atoms with Crippen molar-refractivity contribution in [1.82, 2.24) is 14.5 Å². The smallest absolute Gasteiger partial charge is 0.333 e. The van der Waals surface area contributed by atoms with Gasteiger partial charge in [0.2, 0.25) is 0 Å². The van der Waals surface area contributed by atoms with Crippen molar-refractivity contribution in [3.05, 3.63) is 93.1 Å². The van der Waals surface area contributed by atoms with Crippen LogP contribution in [0.1, 0.15) is 5.56 Å². The van der Waals surface area contributed by atoms with E-state index in [1.54, 1.807) is 12.3 Å². The predicted molar refractivity (Wildman–Crippen MR) is 145 cm³/mol. The summed E-state index contributed by atoms with van der Waals surface area (Å²) < 4.78 is 27.1. The largest absolute Gasteiger partial charge is 0.497 e. The van der Waals surface area contributed by atoms with Gasteiger partial charge in [-0.15, -0.1) is 0 Å². The third-order valence-electron chi connectivity index (χ3n) is 6.96. The van der Waals surface area contributed by atoms with E-state index in [9.17, 15) is 14.9 Å². The SMILES string of the molecule is COc1ccc(C#N)c(-c2cc3[nH]c(=O)n(-c4cncc5ccc(N6CCOCC6)cc45)c(=O)c3cc2F)c1. The predicted octanol–water partition coefficient (Wildman–Crippen LogP) is 3.75. The number of anilines is 1. The summed E-state index contributed by atoms with van der Waals surface area (Å²) in [6.07, 6.45) is 3.11. The number of nitrogens with zero attached hydrogens (tertiary/aromatic N) is 4. The number of morpholine rings is 1. The highest BCUT2D eigenvalue weighted by atomic mass is 19.1. The highest BCUT2D eigenvalue weighted by Crippen LogP contribution is 2.32. The molecule has 0 spiro atoms. The third-order valence-corrected chi connectivity index (χ3v) is 6.96. The van der Waals surface area contributed by atoms with Crippen molar-refractivity contribution in [2.45, 2.75) is 0 Å². The van der Waals surface area contributed by atoms with Crippen LogP contribution in [-0.2, 0) is 4.74 Å². The average Bonchev–Trinajstić information content (AvgIpc) is 2.97. The molecular weight excluding hydrogens is 501 g/mol. The van der Waals surface area contributed by atoms with Gasteiger partial charge in [-0.3, -0.25) is 9.78 Å². The summed E-state index contributed by atoms with van der Waals surface area (Å²) in [6, 6.07) is 14.9. The number of H-pyrrole nitrogens is 1. The van der Waals surface area contributed by atoms with Crippen LogP contribution in [-0.4, -0.2) is 47.9 Å². The number of hydrogen-bond donors (Lipinski definition) is 1. The van der Waals surface area contributed by atoms with Gasteiger partial charge in [0, 0.05) is 46.9 Å². The Bertz CT molecular complexity index is 1920. The first-order valence-corrected chi connectivity index (χ1v) is 12.3. The van der Waals surface area contributed by atoms with Crippen LogP contribution < -0.4 is 20.9 Å². The van der Waals surface area contributed by atoms with E-state index in [0.29, 0.717) is 30.0 Å². The molecule has 39 heavy (non-hydrogen) atoms. The lowest BCUT2D eigenvalue weighted by Gasteiger charge is -2.29. The molecule has 0 bridgehead atoms. The van der Waals surface area contributed by atoms with Gasteiger partial charge in [-0.1, -0.05) is 6.07 Å². The van der Waals surface area contributed by atoms with Crippen molar-refractivity contribution in [3.8, 4) is 28.6 Å². The molecule has 1 aliphatic heterocycles. The van der Waals surface area contributed by atoms with Crippen LogP contribution in [0.5, 0.6) is 5.75 Å². The zero-order valence-corrected chi connectivity index (χ0v) is 20.9. The van der Waals surface area contributed by atoms with Crippen LogP contribution >= 0.6 is 0 Å². The standard InChI is InChI=1S/C29H22FN5O4/c1-38-20-5-3-17(14-31)21(11-20)23-13-26-24(12-25(23)30)28(36)35(29(37)33-26)27-16-32-15-18-2-4-19(10-22(18)27)34-6-8-39-9-7-34/h2-5,10-13,15-16H,6-9H2,1H3,(H,33,37). The Labute approximate surface area is 221 Å². The second-order valence-corrected chi connectivity index (χ2v) is 9.14. The topological polar surface area (TPSA) is 113 Å². The molecule has 1 N–H and O–H groups in total. The first-order valence-electron chi connectivity index (χ1n) is 12.3. The number of aromatic amines is 1. The lowest BCUT2D eigenvalue weighted by Crippen LogP contribution is -2.36. The van der Waals surface area contributed by atoms with E-state index in [2.05, 4.69) is 14.9 Å². The molecule has 2 aromatic heterocycles. The number of fused-ring (bicyclic) bond motifs is 2. The van der Waals surface area contributed by atoms with Crippen molar-refractivity contribution in [1.29, 1.82) is 5.26 Å². The van der Waals surface area contributed by atoms with Crippen LogP contribution in [0.3, 0.4) is 0 Å². The van der Waals surface area contributed by atoms with E-state index >= 15 is 4.39 Å². The molecular formula is C29H22FN5O4. The van der Waals surface area contributed by atoms with Crippen LogP contribution in [0.15, 0.2) is 70.5 Å². The van der Waals surface area contributed by atoms with Crippen molar-refractivity contribution >= 4 is 27.4 Å². The monoisotopic (exact) mass is 523 g/mol. The number of nitrogens with one attached hydrogen (secondary N) is 1. The van der Waals surface area contributed by atoms with E-state index in [1.165, 1.54) is 31.5 Å². The van der Waals surface area contributed by atoms with Gasteiger partial charge in [-0.05, 0) is 42.5 Å². The fraction of sp³-hybridized carbons (Fsp3) is 0.172. The van der Waals surface area contributed by atoms with Crippen molar-refractivity contribution in [2.75, 3.05) is 38.3 Å². The zero-order chi connectivity index (χ0) is 27.1. The lowest BCUT2D eigenvalue weighted by atomic mass is 9.98. The first kappa shape index (κ1) is 24.3. The summed E-state index contributed by atoms with van der Waals surface area (Å²) in [5.74, 6) is -0.277. The number of rotatable bonds is 4. The van der Waals surface area contributed by atoms with Gasteiger partial charge in [-0.25, -0.2) is 13.8 Å². The quantitative estimate of drug-likeness (QED) is 0.382. The number of hydrogen-bond acceptors (Lipinski definition) is 7. The van der Waals surface area contributed by atoms with Gasteiger partial charge in [-0.2, -0.15) is 5.26 Å². The average molecular weight is 524 g/mol. The molecule has 0 saturated carbocycles. The van der Waals surface area contributed by atoms with E-state index in [-0.39, 0.29) is 27.6 Å². The normalized spacial score (nSPS) is 13.5. The minimum Gasteiger partial charge on any atom is -0.497 e. The number of aromatic nitrogens is 3. The molecule has 0 unspecified atom stereocenters. The Morgan fingerprint density at radius 1 is 1.03 bits per heavy atom. The van der Waals surface area contributed by atoms with Crippen molar-refractivity contribution in [3.63, 3.8) is 0 Å². The molecule has 5 aromatic rings. The molecule has 6 rings (SSSR count). The molecule has 3 heterocycles. The number of pyridine rings is 1. The van der Waals surface area contributed by atoms with Gasteiger partial charge in [0.1, 0.15) is 11.6 Å². The summed E-state index contributed by atoms with van der Waals surface area (Å²) in [6.45, 7) is 2.68. The maximum absolute atomic E-state index is 15.5. The highest BCUT2D eigenvalue weighted by Gasteiger charge is 2.19. The van der Waals surface area contributed by atoms with Crippen LogP contribution in [0, 0.1) is 17.1 Å². The van der Waals surface area contributed by atoms with E-state index in [4.69, 9.17) is 9.47 Å². The maximum Gasteiger partial charge on any atom is 0.333 e. The zero-order valence-electron chi connectivity index (χ0n) is 20.9. The molecule has 0 radical (unpaired) electrons. The van der Waals surface area contributed by atoms with Crippen LogP contribution in [0.2, 0.25) is 0 Å². The third kappa shape index (κ3) is 4.19. The molecule has 1 saturated heterocycles. The van der Waals surface area contributed by atoms with Gasteiger partial charge >= 0.3 is 5.69 Å². The minimum atomic E-state index is -0.714. The Kier molecular flexibility index (Phi) is 6.05.